The molecule has 0 radical (unpaired) electrons. The van der Waals surface area contributed by atoms with Crippen LogP contribution >= 0.6 is 0 Å². The molecule has 2 rings (SSSR count). The van der Waals surface area contributed by atoms with Crippen molar-refractivity contribution in [3.63, 3.8) is 0 Å². The molecule has 0 fully saturated rings. The van der Waals surface area contributed by atoms with Crippen LogP contribution in [0.1, 0.15) is 20.8 Å². The fourth-order valence-electron chi connectivity index (χ4n) is 1.13. The lowest BCUT2D eigenvalue weighted by Gasteiger charge is -1.99. The Labute approximate surface area is 85.4 Å². The summed E-state index contributed by atoms with van der Waals surface area (Å²) in [6, 6.07) is 3.05. The number of aromatic nitrogens is 3. The first-order valence-electron chi connectivity index (χ1n) is 4.25. The largest absolute Gasteiger partial charge is 0.296 e. The zero-order valence-electron chi connectivity index (χ0n) is 7.70. The number of pyridine rings is 1. The predicted octanol–water partition coefficient (Wildman–Crippen LogP) is 0.779. The molecule has 0 saturated heterocycles. The van der Waals surface area contributed by atoms with Crippen molar-refractivity contribution < 1.29 is 9.59 Å². The summed E-state index contributed by atoms with van der Waals surface area (Å²) < 4.78 is 1.34. The van der Waals surface area contributed by atoms with Gasteiger partial charge < -0.3 is 0 Å². The number of aldehydes is 1. The lowest BCUT2D eigenvalue weighted by molar-refractivity contribution is 0.0958. The maximum Gasteiger partial charge on any atom is 0.264 e. The van der Waals surface area contributed by atoms with Gasteiger partial charge in [-0.2, -0.15) is 0 Å². The third kappa shape index (κ3) is 1.80. The number of hydrogen-bond acceptors (Lipinski definition) is 4. The van der Waals surface area contributed by atoms with Gasteiger partial charge in [0.25, 0.3) is 5.91 Å². The summed E-state index contributed by atoms with van der Waals surface area (Å²) >= 11 is 0. The molecule has 2 aromatic rings. The van der Waals surface area contributed by atoms with E-state index in [0.717, 1.165) is 0 Å². The monoisotopic (exact) mass is 201 g/mol. The van der Waals surface area contributed by atoms with E-state index in [0.29, 0.717) is 17.5 Å². The Morgan fingerprint density at radius 3 is 2.80 bits per heavy atom. The molecule has 0 N–H and O–H groups in total. The summed E-state index contributed by atoms with van der Waals surface area (Å²) in [5.74, 6) is -0.225. The predicted molar refractivity (Wildman–Crippen MR) is 51.6 cm³/mol. The molecule has 0 unspecified atom stereocenters. The summed E-state index contributed by atoms with van der Waals surface area (Å²) in [7, 11) is 0. The van der Waals surface area contributed by atoms with Crippen molar-refractivity contribution in [2.75, 3.05) is 0 Å². The molecule has 0 bridgehead atoms. The Morgan fingerprint density at radius 1 is 1.40 bits per heavy atom. The molecular weight excluding hydrogens is 194 g/mol. The van der Waals surface area contributed by atoms with Crippen LogP contribution < -0.4 is 0 Å². The molecular formula is C10H7N3O2. The quantitative estimate of drug-likeness (QED) is 0.673. The average molecular weight is 201 g/mol. The van der Waals surface area contributed by atoms with Crippen molar-refractivity contribution in [3.05, 3.63) is 48.3 Å². The second-order valence-corrected chi connectivity index (χ2v) is 2.86. The van der Waals surface area contributed by atoms with Crippen LogP contribution in [0.5, 0.6) is 0 Å². The Bertz CT molecular complexity index is 474. The summed E-state index contributed by atoms with van der Waals surface area (Å²) in [6.07, 6.45) is 6.48. The Morgan fingerprint density at radius 2 is 2.27 bits per heavy atom. The minimum absolute atomic E-state index is 0.225. The van der Waals surface area contributed by atoms with Gasteiger partial charge in [-0.25, -0.2) is 4.98 Å². The van der Waals surface area contributed by atoms with Crippen LogP contribution in [0.25, 0.3) is 0 Å². The maximum atomic E-state index is 11.7. The summed E-state index contributed by atoms with van der Waals surface area (Å²) in [5, 5.41) is 0. The van der Waals surface area contributed by atoms with Crippen LogP contribution in [0.4, 0.5) is 0 Å². The Hall–Kier alpha value is -2.30. The molecule has 0 aliphatic heterocycles. The number of carbonyl (C=O) groups excluding carboxylic acids is 2. The summed E-state index contributed by atoms with van der Waals surface area (Å²) in [5.41, 5.74) is 0.718. The van der Waals surface area contributed by atoms with Crippen molar-refractivity contribution in [3.8, 4) is 0 Å². The molecule has 2 heterocycles. The van der Waals surface area contributed by atoms with Crippen molar-refractivity contribution >= 4 is 12.2 Å². The van der Waals surface area contributed by atoms with E-state index in [-0.39, 0.29) is 5.91 Å². The molecule has 0 amide bonds. The number of hydrogen-bond donors (Lipinski definition) is 0. The van der Waals surface area contributed by atoms with E-state index >= 15 is 0 Å². The van der Waals surface area contributed by atoms with Gasteiger partial charge in [0.05, 0.1) is 5.56 Å². The Balaban J connectivity index is 2.30. The molecule has 0 spiro atoms. The van der Waals surface area contributed by atoms with Crippen LogP contribution in [0.3, 0.4) is 0 Å². The topological polar surface area (TPSA) is 64.8 Å². The maximum absolute atomic E-state index is 11.7. The summed E-state index contributed by atoms with van der Waals surface area (Å²) in [4.78, 5) is 29.6. The fraction of sp³-hybridized carbons (Fsp3) is 0. The first-order valence-corrected chi connectivity index (χ1v) is 4.25. The average Bonchev–Trinajstić information content (AvgIpc) is 2.82. The lowest BCUT2D eigenvalue weighted by atomic mass is 10.2. The SMILES string of the molecule is O=Cc1ccc(C(=O)n2ccnc2)cn1. The normalized spacial score (nSPS) is 9.87. The zero-order chi connectivity index (χ0) is 10.7. The second-order valence-electron chi connectivity index (χ2n) is 2.86. The molecule has 5 heteroatoms. The van der Waals surface area contributed by atoms with Gasteiger partial charge in [0, 0.05) is 18.6 Å². The van der Waals surface area contributed by atoms with E-state index in [1.165, 1.54) is 29.4 Å². The van der Waals surface area contributed by atoms with E-state index in [4.69, 9.17) is 0 Å². The summed E-state index contributed by atoms with van der Waals surface area (Å²) in [6.45, 7) is 0. The van der Waals surface area contributed by atoms with Crippen molar-refractivity contribution in [1.29, 1.82) is 0 Å². The van der Waals surface area contributed by atoms with Gasteiger partial charge >= 0.3 is 0 Å². The standard InChI is InChI=1S/C10H7N3O2/c14-6-9-2-1-8(5-12-9)10(15)13-4-3-11-7-13/h1-7H. The zero-order valence-corrected chi connectivity index (χ0v) is 7.70. The fourth-order valence-corrected chi connectivity index (χ4v) is 1.13. The second kappa shape index (κ2) is 3.83. The molecule has 0 aliphatic rings. The number of imidazole rings is 1. The van der Waals surface area contributed by atoms with Crippen LogP contribution in [-0.2, 0) is 0 Å². The Kier molecular flexibility index (Phi) is 2.37. The minimum atomic E-state index is -0.225. The van der Waals surface area contributed by atoms with Gasteiger partial charge in [0.2, 0.25) is 0 Å². The molecule has 0 saturated carbocycles. The van der Waals surface area contributed by atoms with Crippen molar-refractivity contribution in [2.24, 2.45) is 0 Å². The van der Waals surface area contributed by atoms with E-state index in [1.54, 1.807) is 12.3 Å². The van der Waals surface area contributed by atoms with Gasteiger partial charge in [0.1, 0.15) is 12.0 Å². The molecule has 0 atom stereocenters. The third-order valence-corrected chi connectivity index (χ3v) is 1.89. The van der Waals surface area contributed by atoms with Gasteiger partial charge in [0.15, 0.2) is 6.29 Å². The van der Waals surface area contributed by atoms with E-state index < -0.39 is 0 Å². The van der Waals surface area contributed by atoms with Gasteiger partial charge in [-0.3, -0.25) is 19.1 Å². The van der Waals surface area contributed by atoms with Gasteiger partial charge in [-0.05, 0) is 12.1 Å². The highest BCUT2D eigenvalue weighted by Crippen LogP contribution is 2.02. The van der Waals surface area contributed by atoms with Crippen molar-refractivity contribution in [2.45, 2.75) is 0 Å². The highest BCUT2D eigenvalue weighted by Gasteiger charge is 2.07. The minimum Gasteiger partial charge on any atom is -0.296 e. The highest BCUT2D eigenvalue weighted by atomic mass is 16.2. The van der Waals surface area contributed by atoms with E-state index in [9.17, 15) is 9.59 Å². The van der Waals surface area contributed by atoms with E-state index in [1.807, 2.05) is 0 Å². The third-order valence-electron chi connectivity index (χ3n) is 1.89. The number of rotatable bonds is 2. The van der Waals surface area contributed by atoms with Crippen LogP contribution in [0.15, 0.2) is 37.1 Å². The van der Waals surface area contributed by atoms with E-state index in [2.05, 4.69) is 9.97 Å². The number of nitrogens with zero attached hydrogens (tertiary/aromatic N) is 3. The molecule has 0 aromatic carbocycles. The highest BCUT2D eigenvalue weighted by molar-refractivity contribution is 5.95. The van der Waals surface area contributed by atoms with Crippen LogP contribution in [-0.4, -0.2) is 26.7 Å². The van der Waals surface area contributed by atoms with Crippen LogP contribution in [0, 0.1) is 0 Å². The molecule has 15 heavy (non-hydrogen) atoms. The van der Waals surface area contributed by atoms with Gasteiger partial charge in [-0.1, -0.05) is 0 Å². The van der Waals surface area contributed by atoms with Crippen molar-refractivity contribution in [1.82, 2.24) is 14.5 Å². The van der Waals surface area contributed by atoms with Crippen LogP contribution in [0.2, 0.25) is 0 Å². The molecule has 74 valence electrons. The van der Waals surface area contributed by atoms with Gasteiger partial charge in [-0.15, -0.1) is 0 Å². The molecule has 0 aliphatic carbocycles. The number of carbonyl (C=O) groups is 2. The molecule has 5 nitrogen and oxygen atoms in total. The lowest BCUT2D eigenvalue weighted by Crippen LogP contribution is -2.10. The molecule has 2 aromatic heterocycles. The first-order chi connectivity index (χ1) is 7.31. The first kappa shape index (κ1) is 9.26. The smallest absolute Gasteiger partial charge is 0.264 e.